The van der Waals surface area contributed by atoms with E-state index in [2.05, 4.69) is 27.2 Å². The average Bonchev–Trinajstić information content (AvgIpc) is 3.04. The molecule has 0 aliphatic carbocycles. The summed E-state index contributed by atoms with van der Waals surface area (Å²) in [5.74, 6) is 0. The van der Waals surface area contributed by atoms with Crippen molar-refractivity contribution in [2.75, 3.05) is 45.8 Å². The molecular formula is C14H25ClN4O. The van der Waals surface area contributed by atoms with Gasteiger partial charge in [-0.15, -0.1) is 12.4 Å². The highest BCUT2D eigenvalue weighted by Gasteiger charge is 2.31. The molecule has 2 aliphatic rings. The highest BCUT2D eigenvalue weighted by atomic mass is 35.5. The predicted octanol–water partition coefficient (Wildman–Crippen LogP) is 1.21. The zero-order chi connectivity index (χ0) is 13.1. The van der Waals surface area contributed by atoms with Gasteiger partial charge in [-0.25, -0.2) is 0 Å². The minimum absolute atomic E-state index is 0. The normalized spacial score (nSPS) is 28.4. The van der Waals surface area contributed by atoms with Crippen LogP contribution < -0.4 is 5.32 Å². The summed E-state index contributed by atoms with van der Waals surface area (Å²) in [5, 5.41) is 7.47. The Hall–Kier alpha value is -0.620. The Morgan fingerprint density at radius 2 is 2.05 bits per heavy atom. The molecule has 1 unspecified atom stereocenters. The second-order valence-corrected chi connectivity index (χ2v) is 6.28. The lowest BCUT2D eigenvalue weighted by Crippen LogP contribution is -2.49. The quantitative estimate of drug-likeness (QED) is 0.906. The van der Waals surface area contributed by atoms with E-state index in [1.807, 2.05) is 6.07 Å². The Balaban J connectivity index is 0.00000147. The van der Waals surface area contributed by atoms with Crippen LogP contribution in [0.5, 0.6) is 0 Å². The standard InChI is InChI=1S/C14H24N4O.ClH/c1-14(3-4-15-11-14)12-18-7-5-17(6-8-18)10-13-2-9-19-16-13;/h2,9,15H,3-8,10-12H2,1H3;1H. The summed E-state index contributed by atoms with van der Waals surface area (Å²) < 4.78 is 4.89. The number of aromatic nitrogens is 1. The molecule has 0 aromatic carbocycles. The van der Waals surface area contributed by atoms with Crippen LogP contribution in [0.15, 0.2) is 16.9 Å². The van der Waals surface area contributed by atoms with Gasteiger partial charge in [-0.1, -0.05) is 12.1 Å². The molecule has 1 aromatic rings. The molecule has 5 nitrogen and oxygen atoms in total. The van der Waals surface area contributed by atoms with E-state index in [1.54, 1.807) is 6.26 Å². The maximum Gasteiger partial charge on any atom is 0.124 e. The molecule has 6 heteroatoms. The van der Waals surface area contributed by atoms with E-state index >= 15 is 0 Å². The average molecular weight is 301 g/mol. The molecule has 0 bridgehead atoms. The summed E-state index contributed by atoms with van der Waals surface area (Å²) in [4.78, 5) is 5.08. The largest absolute Gasteiger partial charge is 0.364 e. The van der Waals surface area contributed by atoms with Crippen molar-refractivity contribution in [2.45, 2.75) is 19.9 Å². The Labute approximate surface area is 127 Å². The summed E-state index contributed by atoms with van der Waals surface area (Å²) in [7, 11) is 0. The van der Waals surface area contributed by atoms with Gasteiger partial charge in [0.25, 0.3) is 0 Å². The van der Waals surface area contributed by atoms with Crippen LogP contribution in [0.25, 0.3) is 0 Å². The van der Waals surface area contributed by atoms with Crippen LogP contribution >= 0.6 is 12.4 Å². The number of nitrogens with one attached hydrogen (secondary N) is 1. The summed E-state index contributed by atoms with van der Waals surface area (Å²) in [6, 6.07) is 1.96. The monoisotopic (exact) mass is 300 g/mol. The number of hydrogen-bond donors (Lipinski definition) is 1. The molecule has 0 saturated carbocycles. The second kappa shape index (κ2) is 6.89. The van der Waals surface area contributed by atoms with Crippen molar-refractivity contribution in [3.8, 4) is 0 Å². The van der Waals surface area contributed by atoms with E-state index in [0.717, 1.165) is 25.3 Å². The molecule has 1 N–H and O–H groups in total. The first kappa shape index (κ1) is 15.8. The highest BCUT2D eigenvalue weighted by Crippen LogP contribution is 2.26. The molecule has 114 valence electrons. The number of hydrogen-bond acceptors (Lipinski definition) is 5. The van der Waals surface area contributed by atoms with E-state index in [-0.39, 0.29) is 12.4 Å². The summed E-state index contributed by atoms with van der Waals surface area (Å²) >= 11 is 0. The van der Waals surface area contributed by atoms with Crippen LogP contribution in [0.4, 0.5) is 0 Å². The number of halogens is 1. The molecule has 2 fully saturated rings. The molecule has 1 aromatic heterocycles. The highest BCUT2D eigenvalue weighted by molar-refractivity contribution is 5.85. The van der Waals surface area contributed by atoms with Crippen LogP contribution in [-0.2, 0) is 6.54 Å². The number of rotatable bonds is 4. The molecule has 1 atom stereocenters. The van der Waals surface area contributed by atoms with Gasteiger partial charge in [-0.2, -0.15) is 0 Å². The van der Waals surface area contributed by atoms with E-state index in [4.69, 9.17) is 4.52 Å². The van der Waals surface area contributed by atoms with E-state index in [9.17, 15) is 0 Å². The zero-order valence-corrected chi connectivity index (χ0v) is 13.0. The Morgan fingerprint density at radius 3 is 2.65 bits per heavy atom. The minimum atomic E-state index is 0. The van der Waals surface area contributed by atoms with Gasteiger partial charge >= 0.3 is 0 Å². The van der Waals surface area contributed by atoms with Crippen molar-refractivity contribution >= 4 is 12.4 Å². The molecule has 0 amide bonds. The van der Waals surface area contributed by atoms with Gasteiger partial charge in [0.1, 0.15) is 6.26 Å². The van der Waals surface area contributed by atoms with Gasteiger partial charge < -0.3 is 14.7 Å². The summed E-state index contributed by atoms with van der Waals surface area (Å²) in [5.41, 5.74) is 1.52. The number of piperazine rings is 1. The first-order chi connectivity index (χ1) is 9.23. The molecular weight excluding hydrogens is 276 g/mol. The van der Waals surface area contributed by atoms with Gasteiger partial charge in [0.2, 0.25) is 0 Å². The summed E-state index contributed by atoms with van der Waals surface area (Å²) in [6.45, 7) is 11.5. The van der Waals surface area contributed by atoms with Gasteiger partial charge in [0.15, 0.2) is 0 Å². The van der Waals surface area contributed by atoms with Crippen LogP contribution in [0.1, 0.15) is 19.0 Å². The van der Waals surface area contributed by atoms with Crippen LogP contribution in [0, 0.1) is 5.41 Å². The fraction of sp³-hybridized carbons (Fsp3) is 0.786. The van der Waals surface area contributed by atoms with E-state index < -0.39 is 0 Å². The molecule has 0 spiro atoms. The van der Waals surface area contributed by atoms with Gasteiger partial charge in [-0.05, 0) is 18.4 Å². The maximum absolute atomic E-state index is 4.89. The summed E-state index contributed by atoms with van der Waals surface area (Å²) in [6.07, 6.45) is 2.96. The molecule has 3 rings (SSSR count). The third-order valence-corrected chi connectivity index (χ3v) is 4.40. The fourth-order valence-electron chi connectivity index (χ4n) is 3.20. The van der Waals surface area contributed by atoms with Crippen molar-refractivity contribution in [3.63, 3.8) is 0 Å². The van der Waals surface area contributed by atoms with Crippen molar-refractivity contribution < 1.29 is 4.52 Å². The first-order valence-corrected chi connectivity index (χ1v) is 7.28. The third-order valence-electron chi connectivity index (χ3n) is 4.40. The molecule has 2 saturated heterocycles. The lowest BCUT2D eigenvalue weighted by molar-refractivity contribution is 0.0920. The SMILES string of the molecule is CC1(CN2CCN(Cc3ccon3)CC2)CCNC1.Cl. The van der Waals surface area contributed by atoms with Gasteiger partial charge in [0, 0.05) is 51.9 Å². The molecule has 3 heterocycles. The van der Waals surface area contributed by atoms with Crippen LogP contribution in [0.3, 0.4) is 0 Å². The van der Waals surface area contributed by atoms with E-state index in [0.29, 0.717) is 5.41 Å². The van der Waals surface area contributed by atoms with Crippen molar-refractivity contribution in [2.24, 2.45) is 5.41 Å². The van der Waals surface area contributed by atoms with E-state index in [1.165, 1.54) is 39.1 Å². The number of nitrogens with zero attached hydrogens (tertiary/aromatic N) is 3. The maximum atomic E-state index is 4.89. The Morgan fingerprint density at radius 1 is 1.30 bits per heavy atom. The fourth-order valence-corrected chi connectivity index (χ4v) is 3.20. The Bertz CT molecular complexity index is 384. The van der Waals surface area contributed by atoms with Gasteiger partial charge in [-0.3, -0.25) is 4.90 Å². The van der Waals surface area contributed by atoms with Crippen molar-refractivity contribution in [3.05, 3.63) is 18.0 Å². The van der Waals surface area contributed by atoms with Crippen molar-refractivity contribution in [1.82, 2.24) is 20.3 Å². The third kappa shape index (κ3) is 3.95. The molecule has 20 heavy (non-hydrogen) atoms. The predicted molar refractivity (Wildman–Crippen MR) is 81.1 cm³/mol. The van der Waals surface area contributed by atoms with Crippen molar-refractivity contribution in [1.29, 1.82) is 0 Å². The van der Waals surface area contributed by atoms with Gasteiger partial charge in [0.05, 0.1) is 5.69 Å². The lowest BCUT2D eigenvalue weighted by Gasteiger charge is -2.38. The molecule has 2 aliphatic heterocycles. The van der Waals surface area contributed by atoms with Crippen LogP contribution in [-0.4, -0.2) is 60.8 Å². The Kier molecular flexibility index (Phi) is 5.43. The topological polar surface area (TPSA) is 44.5 Å². The molecule has 0 radical (unpaired) electrons. The zero-order valence-electron chi connectivity index (χ0n) is 12.2. The van der Waals surface area contributed by atoms with Crippen LogP contribution in [0.2, 0.25) is 0 Å². The first-order valence-electron chi connectivity index (χ1n) is 7.28. The smallest absolute Gasteiger partial charge is 0.124 e. The minimum Gasteiger partial charge on any atom is -0.364 e. The second-order valence-electron chi connectivity index (χ2n) is 6.28. The lowest BCUT2D eigenvalue weighted by atomic mass is 9.89.